The lowest BCUT2D eigenvalue weighted by molar-refractivity contribution is -0.115. The molecular formula is C17H22FN5O2S. The topological polar surface area (TPSA) is 72.3 Å². The second-order valence-corrected chi connectivity index (χ2v) is 7.16. The predicted molar refractivity (Wildman–Crippen MR) is 99.1 cm³/mol. The van der Waals surface area contributed by atoms with Gasteiger partial charge in [0.05, 0.1) is 24.2 Å². The number of para-hydroxylation sites is 1. The molecule has 0 spiro atoms. The van der Waals surface area contributed by atoms with Crippen LogP contribution in [0, 0.1) is 5.82 Å². The van der Waals surface area contributed by atoms with Crippen LogP contribution in [0.15, 0.2) is 29.4 Å². The molecule has 0 aliphatic carbocycles. The Kier molecular flexibility index (Phi) is 6.10. The normalized spacial score (nSPS) is 15.7. The summed E-state index contributed by atoms with van der Waals surface area (Å²) in [7, 11) is 0. The average molecular weight is 379 g/mol. The zero-order chi connectivity index (χ0) is 18.5. The first-order valence-corrected chi connectivity index (χ1v) is 9.46. The Morgan fingerprint density at radius 2 is 2.08 bits per heavy atom. The highest BCUT2D eigenvalue weighted by Crippen LogP contribution is 2.27. The van der Waals surface area contributed by atoms with E-state index >= 15 is 0 Å². The minimum atomic E-state index is -0.454. The molecule has 7 nitrogen and oxygen atoms in total. The van der Waals surface area contributed by atoms with Crippen molar-refractivity contribution in [3.05, 3.63) is 30.1 Å². The number of halogens is 1. The van der Waals surface area contributed by atoms with Crippen molar-refractivity contribution in [1.29, 1.82) is 0 Å². The molecule has 1 aromatic carbocycles. The van der Waals surface area contributed by atoms with Gasteiger partial charge in [0.15, 0.2) is 5.16 Å². The molecule has 3 rings (SSSR count). The molecule has 0 bridgehead atoms. The molecule has 1 saturated heterocycles. The van der Waals surface area contributed by atoms with Crippen molar-refractivity contribution in [2.24, 2.45) is 0 Å². The van der Waals surface area contributed by atoms with E-state index in [1.54, 1.807) is 19.1 Å². The molecule has 1 N–H and O–H groups in total. The third-order valence-electron chi connectivity index (χ3n) is 4.09. The van der Waals surface area contributed by atoms with Crippen molar-refractivity contribution < 1.29 is 13.9 Å². The summed E-state index contributed by atoms with van der Waals surface area (Å²) in [6.07, 6.45) is 0. The van der Waals surface area contributed by atoms with Crippen LogP contribution in [0.4, 0.5) is 16.0 Å². The van der Waals surface area contributed by atoms with Crippen LogP contribution >= 0.6 is 11.8 Å². The largest absolute Gasteiger partial charge is 0.378 e. The maximum absolute atomic E-state index is 13.7. The molecule has 9 heteroatoms. The van der Waals surface area contributed by atoms with E-state index in [0.717, 1.165) is 19.0 Å². The van der Waals surface area contributed by atoms with Gasteiger partial charge in [0.25, 0.3) is 0 Å². The summed E-state index contributed by atoms with van der Waals surface area (Å²) < 4.78 is 21.1. The highest BCUT2D eigenvalue weighted by atomic mass is 32.2. The van der Waals surface area contributed by atoms with Gasteiger partial charge in [-0.05, 0) is 26.0 Å². The number of benzene rings is 1. The number of thioether (sulfide) groups is 1. The number of ether oxygens (including phenoxy) is 1. The number of nitrogens with one attached hydrogen (secondary N) is 1. The van der Waals surface area contributed by atoms with Gasteiger partial charge in [0.1, 0.15) is 5.82 Å². The lowest BCUT2D eigenvalue weighted by Gasteiger charge is -2.27. The molecule has 1 aliphatic rings. The lowest BCUT2D eigenvalue weighted by Crippen LogP contribution is -2.38. The number of amides is 1. The summed E-state index contributed by atoms with van der Waals surface area (Å²) >= 11 is 1.31. The smallest absolute Gasteiger partial charge is 0.237 e. The van der Waals surface area contributed by atoms with Crippen molar-refractivity contribution in [3.8, 4) is 0 Å². The summed E-state index contributed by atoms with van der Waals surface area (Å²) in [6.45, 7) is 7.36. The summed E-state index contributed by atoms with van der Waals surface area (Å²) in [4.78, 5) is 14.5. The van der Waals surface area contributed by atoms with Gasteiger partial charge < -0.3 is 15.0 Å². The molecule has 2 heterocycles. The summed E-state index contributed by atoms with van der Waals surface area (Å²) in [5.41, 5.74) is 0.177. The minimum Gasteiger partial charge on any atom is -0.378 e. The monoisotopic (exact) mass is 379 g/mol. The fraction of sp³-hybridized carbons (Fsp3) is 0.471. The van der Waals surface area contributed by atoms with Gasteiger partial charge in [0.2, 0.25) is 11.9 Å². The second kappa shape index (κ2) is 8.50. The number of morpholine rings is 1. The average Bonchev–Trinajstić information content (AvgIpc) is 3.06. The zero-order valence-electron chi connectivity index (χ0n) is 14.8. The van der Waals surface area contributed by atoms with Crippen molar-refractivity contribution in [1.82, 2.24) is 14.8 Å². The fourth-order valence-corrected chi connectivity index (χ4v) is 3.56. The Morgan fingerprint density at radius 1 is 1.35 bits per heavy atom. The molecule has 1 amide bonds. The molecule has 1 aliphatic heterocycles. The van der Waals surface area contributed by atoms with Gasteiger partial charge in [-0.2, -0.15) is 0 Å². The Balaban J connectivity index is 1.68. The number of carbonyl (C=O) groups excluding carboxylic acids is 1. The number of rotatable bonds is 6. The van der Waals surface area contributed by atoms with Gasteiger partial charge in [0, 0.05) is 19.6 Å². The van der Waals surface area contributed by atoms with Crippen molar-refractivity contribution in [2.45, 2.75) is 30.8 Å². The van der Waals surface area contributed by atoms with Crippen LogP contribution in [-0.2, 0) is 16.1 Å². The van der Waals surface area contributed by atoms with Crippen molar-refractivity contribution >= 4 is 29.3 Å². The summed E-state index contributed by atoms with van der Waals surface area (Å²) in [5, 5.41) is 11.4. The minimum absolute atomic E-state index is 0.177. The molecule has 1 atom stereocenters. The third-order valence-corrected chi connectivity index (χ3v) is 5.17. The van der Waals surface area contributed by atoms with Crippen LogP contribution in [0.1, 0.15) is 13.8 Å². The quantitative estimate of drug-likeness (QED) is 0.777. The third kappa shape index (κ3) is 4.16. The van der Waals surface area contributed by atoms with E-state index in [1.807, 2.05) is 11.5 Å². The van der Waals surface area contributed by atoms with E-state index in [-0.39, 0.29) is 11.6 Å². The number of anilines is 2. The van der Waals surface area contributed by atoms with Crippen LogP contribution in [0.2, 0.25) is 0 Å². The Labute approximate surface area is 155 Å². The van der Waals surface area contributed by atoms with Crippen LogP contribution < -0.4 is 10.2 Å². The number of aromatic nitrogens is 3. The lowest BCUT2D eigenvalue weighted by atomic mass is 10.3. The Hall–Kier alpha value is -2.13. The first-order valence-electron chi connectivity index (χ1n) is 8.58. The van der Waals surface area contributed by atoms with Gasteiger partial charge >= 0.3 is 0 Å². The van der Waals surface area contributed by atoms with E-state index in [9.17, 15) is 9.18 Å². The van der Waals surface area contributed by atoms with Gasteiger partial charge in [-0.3, -0.25) is 9.36 Å². The highest BCUT2D eigenvalue weighted by molar-refractivity contribution is 8.00. The molecule has 1 aromatic heterocycles. The SMILES string of the molecule is CCn1c(S[C@H](C)C(=O)Nc2ccccc2F)nnc1N1CCOCC1. The maximum Gasteiger partial charge on any atom is 0.237 e. The van der Waals surface area contributed by atoms with Crippen LogP contribution in [0.3, 0.4) is 0 Å². The van der Waals surface area contributed by atoms with E-state index in [0.29, 0.717) is 24.9 Å². The summed E-state index contributed by atoms with van der Waals surface area (Å²) in [5.74, 6) is 0.0584. The van der Waals surface area contributed by atoms with E-state index < -0.39 is 11.1 Å². The zero-order valence-corrected chi connectivity index (χ0v) is 15.6. The van der Waals surface area contributed by atoms with Crippen molar-refractivity contribution in [3.63, 3.8) is 0 Å². The number of hydrogen-bond acceptors (Lipinski definition) is 6. The van der Waals surface area contributed by atoms with E-state index in [4.69, 9.17) is 4.74 Å². The van der Waals surface area contributed by atoms with E-state index in [1.165, 1.54) is 23.9 Å². The van der Waals surface area contributed by atoms with Crippen LogP contribution in [0.25, 0.3) is 0 Å². The molecule has 2 aromatic rings. The van der Waals surface area contributed by atoms with E-state index in [2.05, 4.69) is 20.4 Å². The fourth-order valence-electron chi connectivity index (χ4n) is 2.65. The first kappa shape index (κ1) is 18.7. The molecule has 0 unspecified atom stereocenters. The first-order chi connectivity index (χ1) is 12.6. The number of carbonyl (C=O) groups is 1. The molecule has 26 heavy (non-hydrogen) atoms. The molecular weight excluding hydrogens is 357 g/mol. The molecule has 1 fully saturated rings. The maximum atomic E-state index is 13.7. The van der Waals surface area contributed by atoms with Crippen LogP contribution in [-0.4, -0.2) is 52.2 Å². The van der Waals surface area contributed by atoms with Gasteiger partial charge in [-0.25, -0.2) is 4.39 Å². The van der Waals surface area contributed by atoms with Gasteiger partial charge in [-0.15, -0.1) is 10.2 Å². The Bertz CT molecular complexity index is 763. The van der Waals surface area contributed by atoms with Gasteiger partial charge in [-0.1, -0.05) is 23.9 Å². The molecule has 0 radical (unpaired) electrons. The van der Waals surface area contributed by atoms with Crippen LogP contribution in [0.5, 0.6) is 0 Å². The molecule has 140 valence electrons. The molecule has 0 saturated carbocycles. The number of nitrogens with zero attached hydrogens (tertiary/aromatic N) is 4. The highest BCUT2D eigenvalue weighted by Gasteiger charge is 2.23. The Morgan fingerprint density at radius 3 is 2.77 bits per heavy atom. The summed E-state index contributed by atoms with van der Waals surface area (Å²) in [6, 6.07) is 6.12. The number of hydrogen-bond donors (Lipinski definition) is 1. The predicted octanol–water partition coefficient (Wildman–Crippen LogP) is 2.39. The second-order valence-electron chi connectivity index (χ2n) is 5.86. The standard InChI is InChI=1S/C17H22FN5O2S/c1-3-23-16(22-8-10-25-11-9-22)20-21-17(23)26-12(2)15(24)19-14-7-5-4-6-13(14)18/h4-7,12H,3,8-11H2,1-2H3,(H,19,24)/t12-/m1/s1. The van der Waals surface area contributed by atoms with Crippen molar-refractivity contribution in [2.75, 3.05) is 36.5 Å².